The van der Waals surface area contributed by atoms with E-state index in [4.69, 9.17) is 4.74 Å². The molecule has 1 fully saturated rings. The lowest BCUT2D eigenvalue weighted by Gasteiger charge is -2.31. The summed E-state index contributed by atoms with van der Waals surface area (Å²) in [5.41, 5.74) is 3.52. The summed E-state index contributed by atoms with van der Waals surface area (Å²) >= 11 is 0. The van der Waals surface area contributed by atoms with Crippen molar-refractivity contribution < 1.29 is 17.9 Å². The van der Waals surface area contributed by atoms with Crippen LogP contribution in [0.3, 0.4) is 0 Å². The highest BCUT2D eigenvalue weighted by Gasteiger charge is 2.27. The molecule has 0 unspecified atom stereocenters. The van der Waals surface area contributed by atoms with Crippen LogP contribution in [0.5, 0.6) is 0 Å². The molecular formula is C20H27N3O4S. The topological polar surface area (TPSA) is 91.5 Å². The number of nitrogens with one attached hydrogen (secondary N) is 2. The molecule has 2 aromatic rings. The lowest BCUT2D eigenvalue weighted by Crippen LogP contribution is -2.46. The summed E-state index contributed by atoms with van der Waals surface area (Å²) in [6.45, 7) is 3.11. The molecule has 1 aromatic carbocycles. The van der Waals surface area contributed by atoms with Crippen molar-refractivity contribution in [3.05, 3.63) is 29.5 Å². The number of fused-ring (bicyclic) bond motifs is 3. The standard InChI is InChI=1S/C20H27N3O4S/c1-2-27-20(24)23-11-9-14(10-12-23)22-28(25,26)15-7-8-19-17(13-15)16-5-3-4-6-18(16)21-19/h7-8,13-14,21-22H,2-6,9-12H2,1H3. The van der Waals surface area contributed by atoms with E-state index < -0.39 is 10.0 Å². The Labute approximate surface area is 165 Å². The molecule has 2 N–H and O–H groups in total. The fraction of sp³-hybridized carbons (Fsp3) is 0.550. The first-order valence-electron chi connectivity index (χ1n) is 10.1. The summed E-state index contributed by atoms with van der Waals surface area (Å²) in [6.07, 6.45) is 5.19. The minimum Gasteiger partial charge on any atom is -0.450 e. The van der Waals surface area contributed by atoms with Crippen LogP contribution in [0.4, 0.5) is 4.79 Å². The molecule has 2 aliphatic rings. The fourth-order valence-corrected chi connectivity index (χ4v) is 5.57. The van der Waals surface area contributed by atoms with Crippen LogP contribution < -0.4 is 4.72 Å². The number of sulfonamides is 1. The molecule has 2 heterocycles. The number of amides is 1. The van der Waals surface area contributed by atoms with Crippen molar-refractivity contribution in [3.8, 4) is 0 Å². The average Bonchev–Trinajstić information content (AvgIpc) is 3.06. The SMILES string of the molecule is CCOC(=O)N1CCC(NS(=O)(=O)c2ccc3[nH]c4c(c3c2)CCCC4)CC1. The summed E-state index contributed by atoms with van der Waals surface area (Å²) in [6, 6.07) is 5.16. The van der Waals surface area contributed by atoms with Gasteiger partial charge in [0.25, 0.3) is 0 Å². The van der Waals surface area contributed by atoms with Gasteiger partial charge in [-0.2, -0.15) is 0 Å². The number of aromatic nitrogens is 1. The second kappa shape index (κ2) is 7.75. The maximum atomic E-state index is 12.9. The van der Waals surface area contributed by atoms with Crippen LogP contribution in [0.1, 0.15) is 43.9 Å². The predicted octanol–water partition coefficient (Wildman–Crippen LogP) is 2.95. The Balaban J connectivity index is 1.47. The molecule has 0 bridgehead atoms. The Hall–Kier alpha value is -2.06. The normalized spacial score (nSPS) is 18.2. The third-order valence-electron chi connectivity index (χ3n) is 5.72. The number of ether oxygens (including phenoxy) is 1. The van der Waals surface area contributed by atoms with Gasteiger partial charge in [0.15, 0.2) is 0 Å². The number of carbonyl (C=O) groups excluding carboxylic acids is 1. The van der Waals surface area contributed by atoms with Crippen LogP contribution >= 0.6 is 0 Å². The summed E-state index contributed by atoms with van der Waals surface area (Å²) in [4.78, 5) is 17.2. The van der Waals surface area contributed by atoms with Crippen LogP contribution in [0.25, 0.3) is 10.9 Å². The molecule has 8 heteroatoms. The van der Waals surface area contributed by atoms with Gasteiger partial charge in [-0.3, -0.25) is 0 Å². The second-order valence-corrected chi connectivity index (χ2v) is 9.29. The maximum Gasteiger partial charge on any atom is 0.409 e. The van der Waals surface area contributed by atoms with Crippen molar-refractivity contribution in [2.75, 3.05) is 19.7 Å². The van der Waals surface area contributed by atoms with Gasteiger partial charge in [-0.15, -0.1) is 0 Å². The average molecular weight is 406 g/mol. The molecule has 28 heavy (non-hydrogen) atoms. The Morgan fingerprint density at radius 2 is 2.00 bits per heavy atom. The van der Waals surface area contributed by atoms with Crippen molar-refractivity contribution in [2.45, 2.75) is 56.4 Å². The van der Waals surface area contributed by atoms with E-state index in [1.807, 2.05) is 6.07 Å². The van der Waals surface area contributed by atoms with Gasteiger partial charge < -0.3 is 14.6 Å². The zero-order valence-electron chi connectivity index (χ0n) is 16.2. The minimum absolute atomic E-state index is 0.175. The third kappa shape index (κ3) is 3.75. The largest absolute Gasteiger partial charge is 0.450 e. The van der Waals surface area contributed by atoms with E-state index in [2.05, 4.69) is 9.71 Å². The van der Waals surface area contributed by atoms with Gasteiger partial charge in [0.05, 0.1) is 11.5 Å². The van der Waals surface area contributed by atoms with Crippen molar-refractivity contribution in [3.63, 3.8) is 0 Å². The zero-order valence-corrected chi connectivity index (χ0v) is 17.0. The number of likely N-dealkylation sites (tertiary alicyclic amines) is 1. The molecule has 7 nitrogen and oxygen atoms in total. The minimum atomic E-state index is -3.60. The van der Waals surface area contributed by atoms with E-state index in [1.165, 1.54) is 17.7 Å². The number of hydrogen-bond acceptors (Lipinski definition) is 4. The van der Waals surface area contributed by atoms with Crippen molar-refractivity contribution in [1.29, 1.82) is 0 Å². The molecule has 152 valence electrons. The number of carbonyl (C=O) groups is 1. The van der Waals surface area contributed by atoms with E-state index in [1.54, 1.807) is 24.0 Å². The van der Waals surface area contributed by atoms with Gasteiger partial charge in [0.2, 0.25) is 10.0 Å². The lowest BCUT2D eigenvalue weighted by molar-refractivity contribution is 0.0966. The monoisotopic (exact) mass is 405 g/mol. The quantitative estimate of drug-likeness (QED) is 0.818. The smallest absolute Gasteiger partial charge is 0.409 e. The number of rotatable bonds is 4. The number of nitrogens with zero attached hydrogens (tertiary/aromatic N) is 1. The van der Waals surface area contributed by atoms with Crippen molar-refractivity contribution in [2.24, 2.45) is 0 Å². The van der Waals surface area contributed by atoms with Gasteiger partial charge in [0, 0.05) is 35.7 Å². The third-order valence-corrected chi connectivity index (χ3v) is 7.24. The molecule has 1 amide bonds. The first kappa shape index (κ1) is 19.3. The molecule has 4 rings (SSSR count). The van der Waals surface area contributed by atoms with Crippen LogP contribution in [-0.2, 0) is 27.6 Å². The number of aryl methyl sites for hydroxylation is 2. The predicted molar refractivity (Wildman–Crippen MR) is 107 cm³/mol. The summed E-state index contributed by atoms with van der Waals surface area (Å²) < 4.78 is 33.7. The zero-order chi connectivity index (χ0) is 19.7. The van der Waals surface area contributed by atoms with E-state index in [0.29, 0.717) is 37.4 Å². The number of piperidine rings is 1. The Bertz CT molecular complexity index is 975. The van der Waals surface area contributed by atoms with E-state index in [-0.39, 0.29) is 12.1 Å². The van der Waals surface area contributed by atoms with Crippen LogP contribution in [0.15, 0.2) is 23.1 Å². The number of benzene rings is 1. The van der Waals surface area contributed by atoms with Crippen molar-refractivity contribution in [1.82, 2.24) is 14.6 Å². The van der Waals surface area contributed by atoms with E-state index >= 15 is 0 Å². The van der Waals surface area contributed by atoms with Gasteiger partial charge in [-0.25, -0.2) is 17.9 Å². The van der Waals surface area contributed by atoms with Crippen LogP contribution in [0.2, 0.25) is 0 Å². The van der Waals surface area contributed by atoms with Gasteiger partial charge >= 0.3 is 6.09 Å². The molecule has 1 aliphatic heterocycles. The molecule has 0 atom stereocenters. The first-order valence-corrected chi connectivity index (χ1v) is 11.5. The summed E-state index contributed by atoms with van der Waals surface area (Å²) in [5, 5.41) is 1.02. The van der Waals surface area contributed by atoms with Crippen LogP contribution in [-0.4, -0.2) is 50.1 Å². The van der Waals surface area contributed by atoms with Crippen LogP contribution in [0, 0.1) is 0 Å². The van der Waals surface area contributed by atoms with Crippen molar-refractivity contribution >= 4 is 27.0 Å². The molecule has 0 spiro atoms. The number of aromatic amines is 1. The van der Waals surface area contributed by atoms with E-state index in [9.17, 15) is 13.2 Å². The number of H-pyrrole nitrogens is 1. The Morgan fingerprint density at radius 3 is 2.75 bits per heavy atom. The maximum absolute atomic E-state index is 12.9. The summed E-state index contributed by atoms with van der Waals surface area (Å²) in [5.74, 6) is 0. The highest BCUT2D eigenvalue weighted by molar-refractivity contribution is 7.89. The molecule has 1 aliphatic carbocycles. The van der Waals surface area contributed by atoms with Gasteiger partial charge in [-0.05, 0) is 69.2 Å². The molecule has 1 saturated heterocycles. The highest BCUT2D eigenvalue weighted by Crippen LogP contribution is 2.30. The highest BCUT2D eigenvalue weighted by atomic mass is 32.2. The molecule has 0 saturated carbocycles. The molecule has 1 aromatic heterocycles. The number of hydrogen-bond donors (Lipinski definition) is 2. The van der Waals surface area contributed by atoms with Gasteiger partial charge in [0.1, 0.15) is 0 Å². The Kier molecular flexibility index (Phi) is 5.33. The van der Waals surface area contributed by atoms with Gasteiger partial charge in [-0.1, -0.05) is 0 Å². The second-order valence-electron chi connectivity index (χ2n) is 7.58. The lowest BCUT2D eigenvalue weighted by atomic mass is 9.96. The molecular weight excluding hydrogens is 378 g/mol. The fourth-order valence-electron chi connectivity index (χ4n) is 4.23. The van der Waals surface area contributed by atoms with E-state index in [0.717, 1.165) is 30.2 Å². The molecule has 0 radical (unpaired) electrons. The first-order chi connectivity index (χ1) is 13.5. The summed E-state index contributed by atoms with van der Waals surface area (Å²) in [7, 11) is -3.60. The Morgan fingerprint density at radius 1 is 1.25 bits per heavy atom.